The van der Waals surface area contributed by atoms with Gasteiger partial charge in [-0.1, -0.05) is 121 Å². The summed E-state index contributed by atoms with van der Waals surface area (Å²) in [5.74, 6) is 0. The van der Waals surface area contributed by atoms with E-state index < -0.39 is 0 Å². The molecule has 0 saturated carbocycles. The molecule has 3 heteroatoms. The molecule has 0 saturated heterocycles. The standard InChI is InChI=1S/C42H24N2O/c1-2-11-26(12-3-1)39-40(44-41-30-13-5-4-10-25(30)20-23-35(41)43-39)28-19-21-29-27(24-28)18-22-34-37(29)31-14-6-7-15-32(31)38-33-16-8-9-17-36(33)45-42(34)38/h1-24H. The van der Waals surface area contributed by atoms with Crippen LogP contribution in [0, 0.1) is 0 Å². The molecule has 0 atom stereocenters. The Morgan fingerprint density at radius 3 is 1.93 bits per heavy atom. The van der Waals surface area contributed by atoms with Gasteiger partial charge in [-0.05, 0) is 51.2 Å². The second kappa shape index (κ2) is 9.22. The highest BCUT2D eigenvalue weighted by Crippen LogP contribution is 2.44. The van der Waals surface area contributed by atoms with Crippen LogP contribution in [-0.2, 0) is 0 Å². The van der Waals surface area contributed by atoms with Gasteiger partial charge in [0.05, 0.1) is 22.4 Å². The van der Waals surface area contributed by atoms with Crippen LogP contribution in [0.15, 0.2) is 150 Å². The Morgan fingerprint density at radius 1 is 0.400 bits per heavy atom. The summed E-state index contributed by atoms with van der Waals surface area (Å²) in [5.41, 5.74) is 7.51. The Balaban J connectivity index is 1.28. The molecular weight excluding hydrogens is 548 g/mol. The van der Waals surface area contributed by atoms with Crippen molar-refractivity contribution in [3.63, 3.8) is 0 Å². The maximum atomic E-state index is 6.54. The summed E-state index contributed by atoms with van der Waals surface area (Å²) in [6.07, 6.45) is 0. The third kappa shape index (κ3) is 3.52. The van der Waals surface area contributed by atoms with E-state index >= 15 is 0 Å². The van der Waals surface area contributed by atoms with E-state index in [1.165, 1.54) is 26.9 Å². The lowest BCUT2D eigenvalue weighted by molar-refractivity contribution is 0.673. The molecule has 0 aliphatic rings. The molecule has 0 spiro atoms. The van der Waals surface area contributed by atoms with Gasteiger partial charge in [-0.2, -0.15) is 0 Å². The summed E-state index contributed by atoms with van der Waals surface area (Å²) < 4.78 is 6.54. The predicted octanol–water partition coefficient (Wildman–Crippen LogP) is 11.5. The first-order valence-corrected chi connectivity index (χ1v) is 15.3. The molecule has 208 valence electrons. The number of benzene rings is 8. The normalized spacial score (nSPS) is 12.0. The van der Waals surface area contributed by atoms with Crippen LogP contribution < -0.4 is 0 Å². The second-order valence-corrected chi connectivity index (χ2v) is 11.7. The van der Waals surface area contributed by atoms with Crippen molar-refractivity contribution in [2.45, 2.75) is 0 Å². The van der Waals surface area contributed by atoms with Crippen molar-refractivity contribution in [1.29, 1.82) is 0 Å². The Bertz CT molecular complexity index is 2810. The first kappa shape index (κ1) is 24.4. The minimum atomic E-state index is 0.879. The lowest BCUT2D eigenvalue weighted by Crippen LogP contribution is -1.96. The first-order valence-electron chi connectivity index (χ1n) is 15.3. The lowest BCUT2D eigenvalue weighted by atomic mass is 9.92. The quantitative estimate of drug-likeness (QED) is 0.193. The number of rotatable bonds is 2. The van der Waals surface area contributed by atoms with Crippen molar-refractivity contribution >= 4 is 76.1 Å². The molecule has 0 bridgehead atoms. The summed E-state index contributed by atoms with van der Waals surface area (Å²) in [7, 11) is 0. The number of hydrogen-bond acceptors (Lipinski definition) is 3. The molecule has 10 rings (SSSR count). The molecule has 0 N–H and O–H groups in total. The Morgan fingerprint density at radius 2 is 1.07 bits per heavy atom. The van der Waals surface area contributed by atoms with E-state index in [0.717, 1.165) is 71.6 Å². The van der Waals surface area contributed by atoms with E-state index in [2.05, 4.69) is 133 Å². The summed E-state index contributed by atoms with van der Waals surface area (Å²) >= 11 is 0. The Labute approximate surface area is 258 Å². The summed E-state index contributed by atoms with van der Waals surface area (Å²) in [5, 5.41) is 11.7. The van der Waals surface area contributed by atoms with Gasteiger partial charge >= 0.3 is 0 Å². The van der Waals surface area contributed by atoms with Crippen molar-refractivity contribution in [3.8, 4) is 22.5 Å². The maximum Gasteiger partial charge on any atom is 0.143 e. The minimum Gasteiger partial charge on any atom is -0.455 e. The molecule has 10 aromatic rings. The fourth-order valence-corrected chi connectivity index (χ4v) is 7.17. The van der Waals surface area contributed by atoms with Crippen molar-refractivity contribution in [2.24, 2.45) is 0 Å². The van der Waals surface area contributed by atoms with Crippen LogP contribution in [0.5, 0.6) is 0 Å². The van der Waals surface area contributed by atoms with Gasteiger partial charge in [-0.3, -0.25) is 0 Å². The van der Waals surface area contributed by atoms with Gasteiger partial charge in [0.2, 0.25) is 0 Å². The molecule has 0 aliphatic heterocycles. The molecule has 0 radical (unpaired) electrons. The summed E-state index contributed by atoms with van der Waals surface area (Å²) in [4.78, 5) is 10.6. The molecule has 2 aromatic heterocycles. The lowest BCUT2D eigenvalue weighted by Gasteiger charge is -2.14. The van der Waals surface area contributed by atoms with Crippen LogP contribution in [0.25, 0.3) is 98.6 Å². The van der Waals surface area contributed by atoms with E-state index in [4.69, 9.17) is 14.4 Å². The van der Waals surface area contributed by atoms with Crippen molar-refractivity contribution in [2.75, 3.05) is 0 Å². The van der Waals surface area contributed by atoms with Crippen LogP contribution in [0.3, 0.4) is 0 Å². The van der Waals surface area contributed by atoms with Gasteiger partial charge < -0.3 is 4.42 Å². The third-order valence-corrected chi connectivity index (χ3v) is 9.21. The molecule has 8 aromatic carbocycles. The minimum absolute atomic E-state index is 0.879. The van der Waals surface area contributed by atoms with Gasteiger partial charge in [0, 0.05) is 38.1 Å². The number of fused-ring (bicyclic) bond motifs is 13. The molecule has 2 heterocycles. The van der Waals surface area contributed by atoms with Gasteiger partial charge in [-0.25, -0.2) is 9.97 Å². The molecule has 0 amide bonds. The van der Waals surface area contributed by atoms with Gasteiger partial charge in [-0.15, -0.1) is 0 Å². The van der Waals surface area contributed by atoms with Gasteiger partial charge in [0.1, 0.15) is 11.2 Å². The fraction of sp³-hybridized carbons (Fsp3) is 0. The zero-order chi connectivity index (χ0) is 29.5. The summed E-state index contributed by atoms with van der Waals surface area (Å²) in [6.45, 7) is 0. The van der Waals surface area contributed by atoms with Crippen LogP contribution in [0.1, 0.15) is 0 Å². The van der Waals surface area contributed by atoms with E-state index in [9.17, 15) is 0 Å². The van der Waals surface area contributed by atoms with Crippen LogP contribution >= 0.6 is 0 Å². The van der Waals surface area contributed by atoms with Gasteiger partial charge in [0.15, 0.2) is 0 Å². The Kier molecular flexibility index (Phi) is 5.00. The molecule has 3 nitrogen and oxygen atoms in total. The zero-order valence-electron chi connectivity index (χ0n) is 24.2. The van der Waals surface area contributed by atoms with Crippen LogP contribution in [0.2, 0.25) is 0 Å². The first-order chi connectivity index (χ1) is 22.3. The number of para-hydroxylation sites is 1. The number of aromatic nitrogens is 2. The SMILES string of the molecule is c1ccc(-c2nc3ccc4ccccc4c3nc2-c2ccc3c(ccc4c5oc6ccccc6c5c5ccccc5c34)c2)cc1. The highest BCUT2D eigenvalue weighted by molar-refractivity contribution is 6.34. The maximum absolute atomic E-state index is 6.54. The predicted molar refractivity (Wildman–Crippen MR) is 188 cm³/mol. The topological polar surface area (TPSA) is 38.9 Å². The van der Waals surface area contributed by atoms with E-state index in [-0.39, 0.29) is 0 Å². The van der Waals surface area contributed by atoms with E-state index in [0.29, 0.717) is 0 Å². The number of furan rings is 1. The average Bonchev–Trinajstić information content (AvgIpc) is 3.51. The van der Waals surface area contributed by atoms with E-state index in [1.807, 2.05) is 12.1 Å². The van der Waals surface area contributed by atoms with Crippen molar-refractivity contribution in [3.05, 3.63) is 146 Å². The third-order valence-electron chi connectivity index (χ3n) is 9.21. The smallest absolute Gasteiger partial charge is 0.143 e. The highest BCUT2D eigenvalue weighted by Gasteiger charge is 2.19. The van der Waals surface area contributed by atoms with E-state index in [1.54, 1.807) is 0 Å². The van der Waals surface area contributed by atoms with Crippen LogP contribution in [-0.4, -0.2) is 9.97 Å². The summed E-state index contributed by atoms with van der Waals surface area (Å²) in [6, 6.07) is 51.2. The highest BCUT2D eigenvalue weighted by atomic mass is 16.3. The molecular formula is C42H24N2O. The second-order valence-electron chi connectivity index (χ2n) is 11.7. The van der Waals surface area contributed by atoms with Crippen LogP contribution in [0.4, 0.5) is 0 Å². The monoisotopic (exact) mass is 572 g/mol. The van der Waals surface area contributed by atoms with Crippen molar-refractivity contribution < 1.29 is 4.42 Å². The largest absolute Gasteiger partial charge is 0.455 e. The average molecular weight is 573 g/mol. The van der Waals surface area contributed by atoms with Gasteiger partial charge in [0.25, 0.3) is 0 Å². The molecule has 0 fully saturated rings. The fourth-order valence-electron chi connectivity index (χ4n) is 7.17. The zero-order valence-corrected chi connectivity index (χ0v) is 24.2. The van der Waals surface area contributed by atoms with Crippen molar-refractivity contribution in [1.82, 2.24) is 9.97 Å². The number of hydrogen-bond donors (Lipinski definition) is 0. The molecule has 0 aliphatic carbocycles. The molecule has 0 unspecified atom stereocenters. The molecule has 45 heavy (non-hydrogen) atoms. The number of nitrogens with zero attached hydrogens (tertiary/aromatic N) is 2. The Hall–Kier alpha value is -6.06.